The van der Waals surface area contributed by atoms with Crippen LogP contribution >= 0.6 is 0 Å². The monoisotopic (exact) mass is 500 g/mol. The Labute approximate surface area is 207 Å². The lowest BCUT2D eigenvalue weighted by Crippen LogP contribution is -2.49. The second-order valence-corrected chi connectivity index (χ2v) is 9.07. The SMILES string of the molecule is COc1cc(C)c2[nH]ccc2c1CN1CCN(CC(F)F)CC1c1ccc(C(=O)O)c(NC(C)=O)c1. The second kappa shape index (κ2) is 10.6. The number of piperazine rings is 1. The first kappa shape index (κ1) is 25.6. The number of carboxylic acids is 1. The smallest absolute Gasteiger partial charge is 0.337 e. The topological polar surface area (TPSA) is 97.9 Å². The number of fused-ring (bicyclic) bond motifs is 1. The summed E-state index contributed by atoms with van der Waals surface area (Å²) < 4.78 is 32.2. The van der Waals surface area contributed by atoms with Gasteiger partial charge in [0.15, 0.2) is 0 Å². The number of benzene rings is 2. The van der Waals surface area contributed by atoms with Crippen molar-refractivity contribution in [2.45, 2.75) is 32.9 Å². The van der Waals surface area contributed by atoms with Gasteiger partial charge in [-0.1, -0.05) is 6.07 Å². The van der Waals surface area contributed by atoms with E-state index in [1.165, 1.54) is 13.0 Å². The van der Waals surface area contributed by atoms with E-state index < -0.39 is 18.3 Å². The minimum Gasteiger partial charge on any atom is -0.496 e. The summed E-state index contributed by atoms with van der Waals surface area (Å²) in [6.45, 7) is 4.80. The van der Waals surface area contributed by atoms with Crippen molar-refractivity contribution < 1.29 is 28.2 Å². The number of ether oxygens (including phenoxy) is 1. The maximum Gasteiger partial charge on any atom is 0.337 e. The first-order valence-corrected chi connectivity index (χ1v) is 11.7. The van der Waals surface area contributed by atoms with Crippen LogP contribution in [0.3, 0.4) is 0 Å². The highest BCUT2D eigenvalue weighted by Crippen LogP contribution is 2.36. The molecule has 1 unspecified atom stereocenters. The number of hydrogen-bond donors (Lipinski definition) is 3. The Morgan fingerprint density at radius 3 is 2.69 bits per heavy atom. The Balaban J connectivity index is 1.75. The van der Waals surface area contributed by atoms with Crippen LogP contribution in [0.2, 0.25) is 0 Å². The highest BCUT2D eigenvalue weighted by atomic mass is 19.3. The van der Waals surface area contributed by atoms with Gasteiger partial charge < -0.3 is 20.1 Å². The number of aromatic amines is 1. The van der Waals surface area contributed by atoms with Crippen LogP contribution in [0, 0.1) is 6.92 Å². The number of carboxylic acid groups (broad SMARTS) is 1. The van der Waals surface area contributed by atoms with Crippen molar-refractivity contribution in [3.63, 3.8) is 0 Å². The zero-order chi connectivity index (χ0) is 26.0. The number of nitrogens with zero attached hydrogens (tertiary/aromatic N) is 2. The highest BCUT2D eigenvalue weighted by Gasteiger charge is 2.31. The fraction of sp³-hybridized carbons (Fsp3) is 0.385. The Hall–Kier alpha value is -3.50. The summed E-state index contributed by atoms with van der Waals surface area (Å²) in [5, 5.41) is 13.2. The lowest BCUT2D eigenvalue weighted by Gasteiger charge is -2.42. The van der Waals surface area contributed by atoms with Gasteiger partial charge in [0.1, 0.15) is 5.75 Å². The van der Waals surface area contributed by atoms with Crippen LogP contribution < -0.4 is 10.1 Å². The molecule has 1 aromatic heterocycles. The van der Waals surface area contributed by atoms with Gasteiger partial charge in [0.2, 0.25) is 5.91 Å². The second-order valence-electron chi connectivity index (χ2n) is 9.07. The number of aromatic nitrogens is 1. The molecule has 4 rings (SSSR count). The van der Waals surface area contributed by atoms with Crippen molar-refractivity contribution in [1.82, 2.24) is 14.8 Å². The number of anilines is 1. The van der Waals surface area contributed by atoms with E-state index >= 15 is 0 Å². The van der Waals surface area contributed by atoms with Crippen molar-refractivity contribution in [2.75, 3.05) is 38.6 Å². The fourth-order valence-corrected chi connectivity index (χ4v) is 4.98. The molecule has 0 bridgehead atoms. The third kappa shape index (κ3) is 5.34. The van der Waals surface area contributed by atoms with Crippen LogP contribution in [0.25, 0.3) is 10.9 Å². The predicted molar refractivity (Wildman–Crippen MR) is 133 cm³/mol. The summed E-state index contributed by atoms with van der Waals surface area (Å²) in [7, 11) is 1.62. The number of rotatable bonds is 8. The van der Waals surface area contributed by atoms with Gasteiger partial charge in [-0.25, -0.2) is 13.6 Å². The molecule has 1 fully saturated rings. The minimum atomic E-state index is -2.46. The van der Waals surface area contributed by atoms with Gasteiger partial charge in [-0.05, 0) is 42.3 Å². The number of H-pyrrole nitrogens is 1. The minimum absolute atomic E-state index is 0.0324. The van der Waals surface area contributed by atoms with Gasteiger partial charge in [-0.15, -0.1) is 0 Å². The van der Waals surface area contributed by atoms with E-state index in [0.717, 1.165) is 33.3 Å². The van der Waals surface area contributed by atoms with E-state index in [4.69, 9.17) is 4.74 Å². The molecule has 192 valence electrons. The van der Waals surface area contributed by atoms with Crippen molar-refractivity contribution >= 4 is 28.5 Å². The molecule has 0 spiro atoms. The van der Waals surface area contributed by atoms with Gasteiger partial charge in [0.25, 0.3) is 6.43 Å². The maximum absolute atomic E-state index is 13.2. The molecule has 36 heavy (non-hydrogen) atoms. The Morgan fingerprint density at radius 2 is 2.03 bits per heavy atom. The molecule has 0 radical (unpaired) electrons. The number of halogens is 2. The molecule has 1 atom stereocenters. The van der Waals surface area contributed by atoms with E-state index in [1.807, 2.05) is 25.3 Å². The lowest BCUT2D eigenvalue weighted by atomic mass is 9.97. The number of hydrogen-bond acceptors (Lipinski definition) is 5. The zero-order valence-electron chi connectivity index (χ0n) is 20.5. The molecule has 0 aliphatic carbocycles. The average molecular weight is 501 g/mol. The van der Waals surface area contributed by atoms with E-state index in [2.05, 4.69) is 15.2 Å². The molecule has 1 aliphatic rings. The van der Waals surface area contributed by atoms with E-state index in [0.29, 0.717) is 26.2 Å². The molecule has 1 aliphatic heterocycles. The normalized spacial score (nSPS) is 17.0. The molecule has 1 amide bonds. The summed E-state index contributed by atoms with van der Waals surface area (Å²) in [5.41, 5.74) is 3.93. The number of carbonyl (C=O) groups is 2. The predicted octanol–water partition coefficient (Wildman–Crippen LogP) is 4.27. The van der Waals surface area contributed by atoms with Gasteiger partial charge in [0, 0.05) is 61.8 Å². The molecule has 1 saturated heterocycles. The first-order chi connectivity index (χ1) is 17.2. The number of aryl methyl sites for hydroxylation is 1. The summed E-state index contributed by atoms with van der Waals surface area (Å²) >= 11 is 0. The molecule has 3 aromatic rings. The molecule has 2 heterocycles. The van der Waals surface area contributed by atoms with Gasteiger partial charge in [-0.3, -0.25) is 14.6 Å². The molecular weight excluding hydrogens is 470 g/mol. The third-order valence-corrected chi connectivity index (χ3v) is 6.63. The number of methoxy groups -OCH3 is 1. The van der Waals surface area contributed by atoms with E-state index in [1.54, 1.807) is 24.1 Å². The van der Waals surface area contributed by atoms with Gasteiger partial charge in [0.05, 0.1) is 24.9 Å². The number of alkyl halides is 2. The number of nitrogens with one attached hydrogen (secondary N) is 2. The first-order valence-electron chi connectivity index (χ1n) is 11.7. The fourth-order valence-electron chi connectivity index (χ4n) is 4.98. The number of aromatic carboxylic acids is 1. The zero-order valence-corrected chi connectivity index (χ0v) is 20.5. The van der Waals surface area contributed by atoms with Crippen LogP contribution in [0.1, 0.15) is 40.0 Å². The van der Waals surface area contributed by atoms with Crippen LogP contribution in [0.5, 0.6) is 5.75 Å². The van der Waals surface area contributed by atoms with Crippen LogP contribution in [0.4, 0.5) is 14.5 Å². The Bertz CT molecular complexity index is 1280. The van der Waals surface area contributed by atoms with Crippen molar-refractivity contribution in [3.05, 3.63) is 58.8 Å². The molecule has 8 nitrogen and oxygen atoms in total. The molecule has 10 heteroatoms. The molecule has 2 aromatic carbocycles. The van der Waals surface area contributed by atoms with Crippen molar-refractivity contribution in [3.8, 4) is 5.75 Å². The lowest BCUT2D eigenvalue weighted by molar-refractivity contribution is -0.114. The van der Waals surface area contributed by atoms with Crippen LogP contribution in [-0.2, 0) is 11.3 Å². The quantitative estimate of drug-likeness (QED) is 0.428. The van der Waals surface area contributed by atoms with Crippen LogP contribution in [-0.4, -0.2) is 71.5 Å². The third-order valence-electron chi connectivity index (χ3n) is 6.63. The molecule has 3 N–H and O–H groups in total. The Morgan fingerprint density at radius 1 is 1.25 bits per heavy atom. The van der Waals surface area contributed by atoms with E-state index in [-0.39, 0.29) is 23.8 Å². The molecular formula is C26H30F2N4O4. The number of carbonyl (C=O) groups excluding carboxylic acids is 1. The van der Waals surface area contributed by atoms with Crippen molar-refractivity contribution in [2.24, 2.45) is 0 Å². The molecule has 0 saturated carbocycles. The number of amides is 1. The summed E-state index contributed by atoms with van der Waals surface area (Å²) in [6, 6.07) is 8.44. The average Bonchev–Trinajstić information content (AvgIpc) is 3.31. The maximum atomic E-state index is 13.2. The standard InChI is InChI=1S/C26H30F2N4O4/c1-15-10-23(36-3)20(18-6-7-29-25(15)18)12-32-9-8-31(14-24(27)28)13-22(32)17-4-5-19(26(34)35)21(11-17)30-16(2)33/h4-7,10-11,22,24,29H,8-9,12-14H2,1-3H3,(H,30,33)(H,34,35). The summed E-state index contributed by atoms with van der Waals surface area (Å²) in [5.74, 6) is -0.813. The highest BCUT2D eigenvalue weighted by molar-refractivity contribution is 6.00. The summed E-state index contributed by atoms with van der Waals surface area (Å²) in [6.07, 6.45) is -0.582. The largest absolute Gasteiger partial charge is 0.496 e. The van der Waals surface area contributed by atoms with Gasteiger partial charge in [-0.2, -0.15) is 0 Å². The van der Waals surface area contributed by atoms with Gasteiger partial charge >= 0.3 is 5.97 Å². The van der Waals surface area contributed by atoms with Crippen molar-refractivity contribution in [1.29, 1.82) is 0 Å². The Kier molecular flexibility index (Phi) is 7.56. The summed E-state index contributed by atoms with van der Waals surface area (Å²) in [4.78, 5) is 30.6. The van der Waals surface area contributed by atoms with E-state index in [9.17, 15) is 23.5 Å². The van der Waals surface area contributed by atoms with Crippen LogP contribution in [0.15, 0.2) is 36.5 Å².